The first-order valence-corrected chi connectivity index (χ1v) is 13.1. The molecule has 1 atom stereocenters. The summed E-state index contributed by atoms with van der Waals surface area (Å²) in [7, 11) is 1.84. The van der Waals surface area contributed by atoms with Crippen LogP contribution in [0.4, 0.5) is 11.6 Å². The van der Waals surface area contributed by atoms with E-state index in [1.807, 2.05) is 32.3 Å². The number of fused-ring (bicyclic) bond motifs is 6. The van der Waals surface area contributed by atoms with Crippen molar-refractivity contribution >= 4 is 23.0 Å². The number of anilines is 2. The highest BCUT2D eigenvalue weighted by Gasteiger charge is 2.21. The third-order valence-electron chi connectivity index (χ3n) is 6.26. The quantitative estimate of drug-likeness (QED) is 0.431. The molecule has 0 unspecified atom stereocenters. The molecule has 6 rings (SSSR count). The molecular formula is C25H28N8O3S. The molecule has 4 aromatic rings. The van der Waals surface area contributed by atoms with E-state index in [0.717, 1.165) is 54.7 Å². The highest BCUT2D eigenvalue weighted by Crippen LogP contribution is 2.35. The number of hydrogen-bond acceptors (Lipinski definition) is 11. The van der Waals surface area contributed by atoms with Gasteiger partial charge in [0.2, 0.25) is 5.88 Å². The topological polar surface area (TPSA) is 112 Å². The second kappa shape index (κ2) is 10.4. The van der Waals surface area contributed by atoms with Gasteiger partial charge in [-0.3, -0.25) is 4.90 Å². The predicted molar refractivity (Wildman–Crippen MR) is 139 cm³/mol. The second-order valence-electron chi connectivity index (χ2n) is 9.03. The summed E-state index contributed by atoms with van der Waals surface area (Å²) >= 11 is 1.64. The Morgan fingerprint density at radius 3 is 2.86 bits per heavy atom. The lowest BCUT2D eigenvalue weighted by Crippen LogP contribution is -2.35. The Morgan fingerprint density at radius 1 is 1.08 bits per heavy atom. The van der Waals surface area contributed by atoms with E-state index in [2.05, 4.69) is 20.3 Å². The summed E-state index contributed by atoms with van der Waals surface area (Å²) in [5.74, 6) is 3.07. The molecule has 1 N–H and O–H groups in total. The van der Waals surface area contributed by atoms with Gasteiger partial charge in [0, 0.05) is 62.6 Å². The maximum Gasteiger partial charge on any atom is 0.222 e. The fourth-order valence-corrected chi connectivity index (χ4v) is 5.25. The number of ether oxygens (including phenoxy) is 3. The van der Waals surface area contributed by atoms with Gasteiger partial charge in [-0.2, -0.15) is 5.10 Å². The van der Waals surface area contributed by atoms with E-state index in [0.29, 0.717) is 36.4 Å². The minimum absolute atomic E-state index is 0.0419. The van der Waals surface area contributed by atoms with E-state index >= 15 is 0 Å². The fraction of sp³-hybridized carbons (Fsp3) is 0.400. The first-order chi connectivity index (χ1) is 18.1. The van der Waals surface area contributed by atoms with E-state index in [1.54, 1.807) is 34.6 Å². The van der Waals surface area contributed by atoms with Crippen molar-refractivity contribution in [3.05, 3.63) is 41.8 Å². The number of nitrogens with zero attached hydrogens (tertiary/aromatic N) is 7. The Kier molecular flexibility index (Phi) is 6.68. The molecule has 37 heavy (non-hydrogen) atoms. The minimum Gasteiger partial charge on any atom is -0.490 e. The SMILES string of the molecule is C[C@H]1CCOc2c(cnn2C)-c2ncc(-c3ncc(CN4CCOCC4)s3)c(n2)Nc2cc(ccn2)O1. The van der Waals surface area contributed by atoms with Crippen molar-refractivity contribution in [1.82, 2.24) is 34.6 Å². The van der Waals surface area contributed by atoms with Gasteiger partial charge < -0.3 is 19.5 Å². The third-order valence-corrected chi connectivity index (χ3v) is 7.27. The Morgan fingerprint density at radius 2 is 1.97 bits per heavy atom. The molecule has 1 saturated heterocycles. The molecular weight excluding hydrogens is 492 g/mol. The van der Waals surface area contributed by atoms with Crippen LogP contribution in [0.2, 0.25) is 0 Å². The Balaban J connectivity index is 1.39. The van der Waals surface area contributed by atoms with Gasteiger partial charge in [0.25, 0.3) is 0 Å². The van der Waals surface area contributed by atoms with Gasteiger partial charge >= 0.3 is 0 Å². The van der Waals surface area contributed by atoms with Crippen LogP contribution in [-0.4, -0.2) is 73.6 Å². The maximum absolute atomic E-state index is 6.11. The summed E-state index contributed by atoms with van der Waals surface area (Å²) in [4.78, 5) is 22.3. The fourth-order valence-electron chi connectivity index (χ4n) is 4.29. The van der Waals surface area contributed by atoms with Crippen LogP contribution in [-0.2, 0) is 18.3 Å². The zero-order valence-corrected chi connectivity index (χ0v) is 21.6. The van der Waals surface area contributed by atoms with Crippen LogP contribution in [0.1, 0.15) is 18.2 Å². The first kappa shape index (κ1) is 23.8. The van der Waals surface area contributed by atoms with Crippen molar-refractivity contribution in [2.24, 2.45) is 7.05 Å². The summed E-state index contributed by atoms with van der Waals surface area (Å²) in [6.07, 6.45) is 7.84. The molecule has 192 valence electrons. The number of thiazole rings is 1. The zero-order valence-electron chi connectivity index (χ0n) is 20.8. The van der Waals surface area contributed by atoms with Crippen molar-refractivity contribution in [2.75, 3.05) is 38.2 Å². The lowest BCUT2D eigenvalue weighted by Gasteiger charge is -2.25. The maximum atomic E-state index is 6.11. The van der Waals surface area contributed by atoms with Gasteiger partial charge in [-0.15, -0.1) is 11.3 Å². The predicted octanol–water partition coefficient (Wildman–Crippen LogP) is 3.52. The van der Waals surface area contributed by atoms with Crippen molar-refractivity contribution in [3.8, 4) is 33.6 Å². The van der Waals surface area contributed by atoms with Crippen molar-refractivity contribution in [2.45, 2.75) is 26.0 Å². The lowest BCUT2D eigenvalue weighted by atomic mass is 10.2. The standard InChI is InChI=1S/C25H28N8O3S/c1-16-4-8-35-25-20(14-29-32(25)2)22-27-13-19(23(31-22)30-21-11-17(36-16)3-5-26-21)24-28-12-18(37-24)15-33-6-9-34-10-7-33/h3,5,11-14,16H,4,6-10,15H2,1-2H3,(H,26,27,30,31)/t16-/m0/s1. The molecule has 0 radical (unpaired) electrons. The summed E-state index contributed by atoms with van der Waals surface area (Å²) < 4.78 is 19.4. The van der Waals surface area contributed by atoms with Gasteiger partial charge in [0.05, 0.1) is 37.7 Å². The van der Waals surface area contributed by atoms with Gasteiger partial charge in [-0.05, 0) is 13.0 Å². The molecule has 1 fully saturated rings. The van der Waals surface area contributed by atoms with Gasteiger partial charge in [0.1, 0.15) is 28.0 Å². The molecule has 0 aromatic carbocycles. The van der Waals surface area contributed by atoms with Crippen molar-refractivity contribution in [3.63, 3.8) is 0 Å². The molecule has 11 nitrogen and oxygen atoms in total. The van der Waals surface area contributed by atoms with Crippen LogP contribution in [0.5, 0.6) is 11.6 Å². The third kappa shape index (κ3) is 5.26. The number of morpholine rings is 1. The highest BCUT2D eigenvalue weighted by molar-refractivity contribution is 7.15. The van der Waals surface area contributed by atoms with Gasteiger partial charge in [-0.25, -0.2) is 24.6 Å². The monoisotopic (exact) mass is 520 g/mol. The van der Waals surface area contributed by atoms with E-state index in [4.69, 9.17) is 29.2 Å². The van der Waals surface area contributed by atoms with Crippen molar-refractivity contribution < 1.29 is 14.2 Å². The van der Waals surface area contributed by atoms with Gasteiger partial charge in [0.15, 0.2) is 5.82 Å². The number of hydrogen-bond donors (Lipinski definition) is 1. The number of rotatable bonds is 3. The number of aryl methyl sites for hydroxylation is 1. The van der Waals surface area contributed by atoms with E-state index in [9.17, 15) is 0 Å². The molecule has 6 heterocycles. The average Bonchev–Trinajstić information content (AvgIpc) is 3.51. The van der Waals surface area contributed by atoms with E-state index in [1.165, 1.54) is 4.88 Å². The van der Waals surface area contributed by atoms with Gasteiger partial charge in [-0.1, -0.05) is 0 Å². The van der Waals surface area contributed by atoms with Crippen LogP contribution in [0.3, 0.4) is 0 Å². The molecule has 2 aliphatic heterocycles. The summed E-state index contributed by atoms with van der Waals surface area (Å²) in [5, 5.41) is 8.60. The molecule has 4 aromatic heterocycles. The summed E-state index contributed by atoms with van der Waals surface area (Å²) in [6.45, 7) is 6.73. The Labute approximate surface area is 218 Å². The number of nitrogens with one attached hydrogen (secondary N) is 1. The Bertz CT molecular complexity index is 1380. The molecule has 0 aliphatic carbocycles. The van der Waals surface area contributed by atoms with Crippen LogP contribution < -0.4 is 14.8 Å². The van der Waals surface area contributed by atoms with E-state index in [-0.39, 0.29) is 6.10 Å². The summed E-state index contributed by atoms with van der Waals surface area (Å²) in [6, 6.07) is 3.72. The molecule has 12 heteroatoms. The molecule has 0 amide bonds. The summed E-state index contributed by atoms with van der Waals surface area (Å²) in [5.41, 5.74) is 1.51. The van der Waals surface area contributed by atoms with Crippen LogP contribution in [0, 0.1) is 0 Å². The number of aromatic nitrogens is 6. The minimum atomic E-state index is -0.0419. The Hall–Kier alpha value is -3.61. The van der Waals surface area contributed by atoms with Crippen LogP contribution >= 0.6 is 11.3 Å². The molecule has 0 saturated carbocycles. The van der Waals surface area contributed by atoms with E-state index < -0.39 is 0 Å². The largest absolute Gasteiger partial charge is 0.490 e. The van der Waals surface area contributed by atoms with Crippen LogP contribution in [0.15, 0.2) is 36.9 Å². The lowest BCUT2D eigenvalue weighted by molar-refractivity contribution is 0.0346. The molecule has 4 bridgehead atoms. The molecule has 0 spiro atoms. The second-order valence-corrected chi connectivity index (χ2v) is 10.1. The molecule has 2 aliphatic rings. The normalized spacial score (nSPS) is 18.2. The number of pyridine rings is 1. The van der Waals surface area contributed by atoms with Crippen LogP contribution in [0.25, 0.3) is 22.0 Å². The first-order valence-electron chi connectivity index (χ1n) is 12.3. The van der Waals surface area contributed by atoms with Crippen molar-refractivity contribution in [1.29, 1.82) is 0 Å². The zero-order chi connectivity index (χ0) is 25.2. The highest BCUT2D eigenvalue weighted by atomic mass is 32.1. The smallest absolute Gasteiger partial charge is 0.222 e. The average molecular weight is 521 g/mol.